The minimum absolute atomic E-state index is 0.860. The molecule has 0 aliphatic carbocycles. The van der Waals surface area contributed by atoms with E-state index in [1.807, 2.05) is 30.3 Å². The van der Waals surface area contributed by atoms with Crippen molar-refractivity contribution >= 4 is 11.9 Å². The molecular weight excluding hydrogens is 198 g/mol. The number of likely N-dealkylation sites (N-methyl/N-ethyl adjacent to an activating group) is 1. The van der Waals surface area contributed by atoms with Gasteiger partial charge in [-0.05, 0) is 19.2 Å². The van der Waals surface area contributed by atoms with E-state index in [9.17, 15) is 0 Å². The van der Waals surface area contributed by atoms with Crippen LogP contribution in [0.5, 0.6) is 0 Å². The number of nitrogens with zero attached hydrogens (tertiary/aromatic N) is 1. The smallest absolute Gasteiger partial charge is 0.0381 e. The van der Waals surface area contributed by atoms with E-state index < -0.39 is 0 Å². The zero-order chi connectivity index (χ0) is 11.4. The Morgan fingerprint density at radius 1 is 1.31 bits per heavy atom. The first-order valence-electron chi connectivity index (χ1n) is 5.52. The van der Waals surface area contributed by atoms with Gasteiger partial charge < -0.3 is 15.6 Å². The first-order valence-corrected chi connectivity index (χ1v) is 5.52. The monoisotopic (exact) mass is 215 g/mol. The second-order valence-electron chi connectivity index (χ2n) is 4.13. The quantitative estimate of drug-likeness (QED) is 0.760. The second-order valence-corrected chi connectivity index (χ2v) is 4.13. The summed E-state index contributed by atoms with van der Waals surface area (Å²) in [5.74, 6) is 0. The van der Waals surface area contributed by atoms with Gasteiger partial charge in [0.15, 0.2) is 0 Å². The normalized spacial score (nSPS) is 17.3. The van der Waals surface area contributed by atoms with Crippen molar-refractivity contribution in [1.29, 1.82) is 5.41 Å². The Labute approximate surface area is 96.3 Å². The Hall–Kier alpha value is -1.61. The third-order valence-electron chi connectivity index (χ3n) is 2.81. The van der Waals surface area contributed by atoms with E-state index >= 15 is 0 Å². The number of hydrogen-bond acceptors (Lipinski definition) is 3. The van der Waals surface area contributed by atoms with E-state index in [0.29, 0.717) is 0 Å². The van der Waals surface area contributed by atoms with Crippen molar-refractivity contribution in [2.75, 3.05) is 25.5 Å². The number of rotatable bonds is 3. The molecule has 0 amide bonds. The number of benzene rings is 1. The fourth-order valence-electron chi connectivity index (χ4n) is 1.90. The highest BCUT2D eigenvalue weighted by atomic mass is 15.1. The zero-order valence-electron chi connectivity index (χ0n) is 9.53. The van der Waals surface area contributed by atoms with Crippen molar-refractivity contribution in [3.05, 3.63) is 41.6 Å². The Kier molecular flexibility index (Phi) is 3.37. The third kappa shape index (κ3) is 2.49. The maximum Gasteiger partial charge on any atom is 0.0381 e. The van der Waals surface area contributed by atoms with Crippen LogP contribution in [-0.4, -0.2) is 31.3 Å². The first kappa shape index (κ1) is 10.9. The molecule has 1 aliphatic rings. The van der Waals surface area contributed by atoms with E-state index in [1.54, 1.807) is 0 Å². The van der Waals surface area contributed by atoms with Gasteiger partial charge in [0.1, 0.15) is 0 Å². The van der Waals surface area contributed by atoms with Crippen molar-refractivity contribution in [1.82, 2.24) is 4.90 Å². The van der Waals surface area contributed by atoms with Gasteiger partial charge in [-0.3, -0.25) is 0 Å². The van der Waals surface area contributed by atoms with Crippen molar-refractivity contribution in [3.8, 4) is 0 Å². The van der Waals surface area contributed by atoms with Crippen LogP contribution in [0.3, 0.4) is 0 Å². The van der Waals surface area contributed by atoms with Crippen molar-refractivity contribution in [2.45, 2.75) is 6.42 Å². The predicted molar refractivity (Wildman–Crippen MR) is 68.0 cm³/mol. The molecule has 2 N–H and O–H groups in total. The minimum Gasteiger partial charge on any atom is -0.359 e. The van der Waals surface area contributed by atoms with Crippen LogP contribution >= 0.6 is 0 Å². The molecule has 0 spiro atoms. The first-order chi connectivity index (χ1) is 7.79. The highest BCUT2D eigenvalue weighted by Gasteiger charge is 2.14. The SMILES string of the molecule is CN1CCC(Nc2ccccc2)=C(C=N)C1. The van der Waals surface area contributed by atoms with Gasteiger partial charge in [-0.1, -0.05) is 18.2 Å². The van der Waals surface area contributed by atoms with Gasteiger partial charge in [-0.25, -0.2) is 0 Å². The van der Waals surface area contributed by atoms with Gasteiger partial charge in [0.05, 0.1) is 0 Å². The van der Waals surface area contributed by atoms with Gasteiger partial charge in [-0.15, -0.1) is 0 Å². The van der Waals surface area contributed by atoms with E-state index in [1.165, 1.54) is 11.9 Å². The van der Waals surface area contributed by atoms with E-state index in [-0.39, 0.29) is 0 Å². The Balaban J connectivity index is 2.16. The molecule has 0 radical (unpaired) electrons. The van der Waals surface area contributed by atoms with Crippen LogP contribution in [0.1, 0.15) is 6.42 Å². The second kappa shape index (κ2) is 4.94. The number of anilines is 1. The molecule has 0 saturated heterocycles. The molecule has 2 rings (SSSR count). The molecule has 0 bridgehead atoms. The molecule has 1 aromatic carbocycles. The topological polar surface area (TPSA) is 39.1 Å². The lowest BCUT2D eigenvalue weighted by molar-refractivity contribution is 0.355. The average Bonchev–Trinajstić information content (AvgIpc) is 2.33. The molecule has 1 heterocycles. The molecule has 0 fully saturated rings. The third-order valence-corrected chi connectivity index (χ3v) is 2.81. The molecule has 3 heteroatoms. The summed E-state index contributed by atoms with van der Waals surface area (Å²) < 4.78 is 0. The molecule has 3 nitrogen and oxygen atoms in total. The summed E-state index contributed by atoms with van der Waals surface area (Å²) in [4.78, 5) is 2.23. The largest absolute Gasteiger partial charge is 0.359 e. The Morgan fingerprint density at radius 3 is 2.75 bits per heavy atom. The van der Waals surface area contributed by atoms with Crippen LogP contribution in [0.4, 0.5) is 5.69 Å². The molecule has 0 unspecified atom stereocenters. The summed E-state index contributed by atoms with van der Waals surface area (Å²) in [5, 5.41) is 10.8. The maximum atomic E-state index is 7.43. The molecule has 0 saturated carbocycles. The van der Waals surface area contributed by atoms with Crippen LogP contribution in [0, 0.1) is 5.41 Å². The van der Waals surface area contributed by atoms with E-state index in [4.69, 9.17) is 5.41 Å². The van der Waals surface area contributed by atoms with Crippen LogP contribution in [0.15, 0.2) is 41.6 Å². The molecule has 84 valence electrons. The lowest BCUT2D eigenvalue weighted by atomic mass is 10.1. The van der Waals surface area contributed by atoms with E-state index in [0.717, 1.165) is 30.8 Å². The van der Waals surface area contributed by atoms with Crippen molar-refractivity contribution in [2.24, 2.45) is 0 Å². The zero-order valence-corrected chi connectivity index (χ0v) is 9.53. The molecule has 0 atom stereocenters. The predicted octanol–water partition coefficient (Wildman–Crippen LogP) is 2.34. The Bertz CT molecular complexity index is 395. The lowest BCUT2D eigenvalue weighted by Crippen LogP contribution is -2.30. The number of hydrogen-bond donors (Lipinski definition) is 2. The lowest BCUT2D eigenvalue weighted by Gasteiger charge is -2.26. The van der Waals surface area contributed by atoms with Gasteiger partial charge in [0, 0.05) is 42.7 Å². The highest BCUT2D eigenvalue weighted by molar-refractivity contribution is 5.79. The van der Waals surface area contributed by atoms with Crippen LogP contribution in [0.2, 0.25) is 0 Å². The van der Waals surface area contributed by atoms with Crippen LogP contribution in [-0.2, 0) is 0 Å². The maximum absolute atomic E-state index is 7.43. The van der Waals surface area contributed by atoms with Gasteiger partial charge in [0.25, 0.3) is 0 Å². The van der Waals surface area contributed by atoms with Crippen LogP contribution < -0.4 is 5.32 Å². The number of nitrogens with one attached hydrogen (secondary N) is 2. The molecule has 0 aromatic heterocycles. The summed E-state index contributed by atoms with van der Waals surface area (Å²) in [6, 6.07) is 10.1. The molecule has 1 aromatic rings. The fraction of sp³-hybridized carbons (Fsp3) is 0.308. The standard InChI is InChI=1S/C13H17N3/c1-16-8-7-13(11(9-14)10-16)15-12-5-3-2-4-6-12/h2-6,9,14-15H,7-8,10H2,1H3. The summed E-state index contributed by atoms with van der Waals surface area (Å²) >= 11 is 0. The molecule has 16 heavy (non-hydrogen) atoms. The summed E-state index contributed by atoms with van der Waals surface area (Å²) in [6.45, 7) is 1.91. The fourth-order valence-corrected chi connectivity index (χ4v) is 1.90. The van der Waals surface area contributed by atoms with Crippen LogP contribution in [0.25, 0.3) is 0 Å². The average molecular weight is 215 g/mol. The minimum atomic E-state index is 0.860. The molecule has 1 aliphatic heterocycles. The van der Waals surface area contributed by atoms with E-state index in [2.05, 4.69) is 17.3 Å². The highest BCUT2D eigenvalue weighted by Crippen LogP contribution is 2.18. The van der Waals surface area contributed by atoms with Gasteiger partial charge in [0.2, 0.25) is 0 Å². The van der Waals surface area contributed by atoms with Crippen molar-refractivity contribution in [3.63, 3.8) is 0 Å². The summed E-state index contributed by atoms with van der Waals surface area (Å²) in [6.07, 6.45) is 2.44. The number of para-hydroxylation sites is 1. The van der Waals surface area contributed by atoms with Crippen molar-refractivity contribution < 1.29 is 0 Å². The molecular formula is C13H17N3. The summed E-state index contributed by atoms with van der Waals surface area (Å²) in [7, 11) is 2.09. The summed E-state index contributed by atoms with van der Waals surface area (Å²) in [5.41, 5.74) is 3.36. The van der Waals surface area contributed by atoms with Gasteiger partial charge in [-0.2, -0.15) is 0 Å². The van der Waals surface area contributed by atoms with Gasteiger partial charge >= 0.3 is 0 Å². The Morgan fingerprint density at radius 2 is 2.06 bits per heavy atom.